The molecule has 0 fully saturated rings. The molecule has 0 spiro atoms. The fourth-order valence-electron chi connectivity index (χ4n) is 2.19. The average Bonchev–Trinajstić information content (AvgIpc) is 2.73. The van der Waals surface area contributed by atoms with Crippen LogP contribution in [-0.4, -0.2) is 16.5 Å². The number of hydrogen-bond donors (Lipinski definition) is 0. The molecule has 76 valence electrons. The lowest BCUT2D eigenvalue weighted by Crippen LogP contribution is -2.21. The van der Waals surface area contributed by atoms with Crippen LogP contribution >= 0.6 is 0 Å². The second kappa shape index (κ2) is 2.56. The quantitative estimate of drug-likeness (QED) is 0.445. The van der Waals surface area contributed by atoms with Crippen LogP contribution in [0.15, 0.2) is 10.9 Å². The summed E-state index contributed by atoms with van der Waals surface area (Å²) in [6.07, 6.45) is 1.48. The van der Waals surface area contributed by atoms with Gasteiger partial charge in [-0.25, -0.2) is 9.59 Å². The van der Waals surface area contributed by atoms with E-state index in [0.717, 1.165) is 6.42 Å². The fraction of sp³-hybridized carbons (Fsp3) is 0.300. The largest absolute Gasteiger partial charge is 0.386 e. The minimum Gasteiger partial charge on any atom is -0.386 e. The van der Waals surface area contributed by atoms with Crippen molar-refractivity contribution in [1.29, 1.82) is 0 Å². The summed E-state index contributed by atoms with van der Waals surface area (Å²) < 4.78 is 6.02. The van der Waals surface area contributed by atoms with Gasteiger partial charge in [0.05, 0.1) is 11.1 Å². The predicted molar refractivity (Wildman–Crippen MR) is 48.8 cm³/mol. The molecule has 2 aliphatic rings. The van der Waals surface area contributed by atoms with Gasteiger partial charge >= 0.3 is 11.9 Å². The van der Waals surface area contributed by atoms with Crippen LogP contribution in [0.25, 0.3) is 0 Å². The molecule has 0 radical (unpaired) electrons. The van der Waals surface area contributed by atoms with Gasteiger partial charge in [0, 0.05) is 18.3 Å². The van der Waals surface area contributed by atoms with E-state index in [1.807, 2.05) is 0 Å². The highest BCUT2D eigenvalue weighted by Crippen LogP contribution is 2.25. The summed E-state index contributed by atoms with van der Waals surface area (Å²) in [5.41, 5.74) is 0.830. The summed E-state index contributed by atoms with van der Waals surface area (Å²) in [5.74, 6) is -1.33. The third-order valence-corrected chi connectivity index (χ3v) is 2.82. The molecule has 1 aromatic rings. The Labute approximate surface area is 84.3 Å². The van der Waals surface area contributed by atoms with Gasteiger partial charge in [0.15, 0.2) is 0 Å². The van der Waals surface area contributed by atoms with Gasteiger partial charge in [-0.1, -0.05) is 0 Å². The molecule has 0 unspecified atom stereocenters. The van der Waals surface area contributed by atoms with Crippen LogP contribution in [-0.2, 0) is 17.7 Å². The molecule has 3 heterocycles. The smallest absolute Gasteiger partial charge is 0.348 e. The van der Waals surface area contributed by atoms with Gasteiger partial charge in [0.1, 0.15) is 0 Å². The summed E-state index contributed by atoms with van der Waals surface area (Å²) >= 11 is 0. The van der Waals surface area contributed by atoms with Crippen LogP contribution in [0, 0.1) is 0 Å². The van der Waals surface area contributed by atoms with Crippen molar-refractivity contribution in [1.82, 2.24) is 4.57 Å². The number of nitrogens with zero attached hydrogens (tertiary/aromatic N) is 1. The number of hydrogen-bond acceptors (Lipinski definition) is 4. The Balaban J connectivity index is 2.42. The molecule has 1 aromatic heterocycles. The van der Waals surface area contributed by atoms with E-state index in [1.165, 1.54) is 6.07 Å². The Kier molecular flexibility index (Phi) is 1.44. The van der Waals surface area contributed by atoms with E-state index < -0.39 is 11.9 Å². The Morgan fingerprint density at radius 2 is 2.00 bits per heavy atom. The zero-order chi connectivity index (χ0) is 10.6. The Morgan fingerprint density at radius 1 is 1.20 bits per heavy atom. The normalized spacial score (nSPS) is 17.6. The summed E-state index contributed by atoms with van der Waals surface area (Å²) in [5, 5.41) is 0. The lowest BCUT2D eigenvalue weighted by atomic mass is 10.1. The maximum atomic E-state index is 11.6. The fourth-order valence-corrected chi connectivity index (χ4v) is 2.19. The SMILES string of the molecule is O=C1OC(=O)c2c1cc(=O)n1c2CCC1. The number of aromatic nitrogens is 1. The Bertz CT molecular complexity index is 555. The number of rotatable bonds is 0. The molecule has 0 atom stereocenters. The van der Waals surface area contributed by atoms with Crippen molar-refractivity contribution < 1.29 is 14.3 Å². The van der Waals surface area contributed by atoms with Gasteiger partial charge in [-0.3, -0.25) is 4.79 Å². The molecule has 2 aliphatic heterocycles. The van der Waals surface area contributed by atoms with E-state index in [0.29, 0.717) is 18.7 Å². The molecule has 15 heavy (non-hydrogen) atoms. The van der Waals surface area contributed by atoms with E-state index in [2.05, 4.69) is 4.74 Å². The first kappa shape index (κ1) is 8.40. The Morgan fingerprint density at radius 3 is 2.80 bits per heavy atom. The summed E-state index contributed by atoms with van der Waals surface area (Å²) in [6.45, 7) is 0.614. The molecular weight excluding hydrogens is 198 g/mol. The summed E-state index contributed by atoms with van der Waals surface area (Å²) in [4.78, 5) is 34.2. The Hall–Kier alpha value is -1.91. The minimum absolute atomic E-state index is 0.123. The minimum atomic E-state index is -0.706. The van der Waals surface area contributed by atoms with Crippen LogP contribution in [0.5, 0.6) is 0 Å². The van der Waals surface area contributed by atoms with Crippen LogP contribution in [0.2, 0.25) is 0 Å². The van der Waals surface area contributed by atoms with E-state index in [1.54, 1.807) is 4.57 Å². The number of pyridine rings is 1. The van der Waals surface area contributed by atoms with Crippen molar-refractivity contribution in [3.8, 4) is 0 Å². The van der Waals surface area contributed by atoms with Crippen LogP contribution in [0.4, 0.5) is 0 Å². The highest BCUT2D eigenvalue weighted by molar-refractivity contribution is 6.15. The summed E-state index contributed by atoms with van der Waals surface area (Å²) in [7, 11) is 0. The van der Waals surface area contributed by atoms with E-state index in [-0.39, 0.29) is 16.7 Å². The van der Waals surface area contributed by atoms with Gasteiger partial charge in [-0.2, -0.15) is 0 Å². The zero-order valence-corrected chi connectivity index (χ0v) is 7.78. The first-order valence-electron chi connectivity index (χ1n) is 4.71. The molecule has 0 saturated heterocycles. The predicted octanol–water partition coefficient (Wildman–Crippen LogP) is 0.105. The topological polar surface area (TPSA) is 65.4 Å². The van der Waals surface area contributed by atoms with Crippen LogP contribution in [0.1, 0.15) is 32.8 Å². The van der Waals surface area contributed by atoms with Gasteiger partial charge in [-0.15, -0.1) is 0 Å². The molecule has 3 rings (SSSR count). The van der Waals surface area contributed by atoms with E-state index in [4.69, 9.17) is 0 Å². The number of carbonyl (C=O) groups is 2. The summed E-state index contributed by atoms with van der Waals surface area (Å²) in [6, 6.07) is 1.19. The highest BCUT2D eigenvalue weighted by atomic mass is 16.6. The number of ether oxygens (including phenoxy) is 1. The monoisotopic (exact) mass is 205 g/mol. The van der Waals surface area contributed by atoms with Crippen molar-refractivity contribution in [2.24, 2.45) is 0 Å². The standard InChI is InChI=1S/C10H7NO4/c12-7-4-5-8(10(14)15-9(5)13)6-2-1-3-11(6)7/h4H,1-3H2. The second-order valence-corrected chi connectivity index (χ2v) is 3.65. The van der Waals surface area contributed by atoms with Crippen molar-refractivity contribution in [2.75, 3.05) is 0 Å². The van der Waals surface area contributed by atoms with Gasteiger partial charge in [0.2, 0.25) is 0 Å². The highest BCUT2D eigenvalue weighted by Gasteiger charge is 2.35. The van der Waals surface area contributed by atoms with Crippen molar-refractivity contribution >= 4 is 11.9 Å². The van der Waals surface area contributed by atoms with E-state index in [9.17, 15) is 14.4 Å². The van der Waals surface area contributed by atoms with Crippen LogP contribution in [0.3, 0.4) is 0 Å². The average molecular weight is 205 g/mol. The molecule has 0 saturated carbocycles. The van der Waals surface area contributed by atoms with E-state index >= 15 is 0 Å². The first-order valence-corrected chi connectivity index (χ1v) is 4.71. The molecule has 0 aliphatic carbocycles. The molecule has 5 heteroatoms. The number of fused-ring (bicyclic) bond motifs is 3. The molecule has 0 bridgehead atoms. The maximum Gasteiger partial charge on any atom is 0.348 e. The van der Waals surface area contributed by atoms with Gasteiger partial charge < -0.3 is 9.30 Å². The molecule has 0 amide bonds. The third-order valence-electron chi connectivity index (χ3n) is 2.82. The lowest BCUT2D eigenvalue weighted by molar-refractivity contribution is 0.0443. The lowest BCUT2D eigenvalue weighted by Gasteiger charge is -2.04. The maximum absolute atomic E-state index is 11.6. The number of carbonyl (C=O) groups excluding carboxylic acids is 2. The molecule has 0 aromatic carbocycles. The first-order chi connectivity index (χ1) is 7.18. The third kappa shape index (κ3) is 0.945. The van der Waals surface area contributed by atoms with Gasteiger partial charge in [-0.05, 0) is 12.8 Å². The van der Waals surface area contributed by atoms with Gasteiger partial charge in [0.25, 0.3) is 5.56 Å². The van der Waals surface area contributed by atoms with Crippen molar-refractivity contribution in [3.63, 3.8) is 0 Å². The molecule has 5 nitrogen and oxygen atoms in total. The number of esters is 2. The second-order valence-electron chi connectivity index (χ2n) is 3.65. The van der Waals surface area contributed by atoms with Crippen molar-refractivity contribution in [2.45, 2.75) is 19.4 Å². The molecule has 0 N–H and O–H groups in total. The zero-order valence-electron chi connectivity index (χ0n) is 7.78. The van der Waals surface area contributed by atoms with Crippen LogP contribution < -0.4 is 5.56 Å². The molecular formula is C10H7NO4. The van der Waals surface area contributed by atoms with Crippen molar-refractivity contribution in [3.05, 3.63) is 33.2 Å². The number of cyclic esters (lactones) is 2.